The van der Waals surface area contributed by atoms with Crippen LogP contribution in [0, 0.1) is 0 Å². The number of anilines is 3. The first-order valence-corrected chi connectivity index (χ1v) is 21.9. The standard InChI is InChI=1S/C60H37N3O/c1-2-15-38(16-3-1)62-54-25-11-9-22-48(54)51-24-14-27-56(60(51)62)63-55-26-12-8-21-47(55)49-33-30-41(37-57(49)63)61(40-31-34-59-53(36-40)50-23-10-13-28-58(50)64-59)39-29-32-46-44-19-5-4-17-42(44)43-18-6-7-20-45(43)52(46)35-39/h1-37H. The van der Waals surface area contributed by atoms with Gasteiger partial charge in [-0.3, -0.25) is 0 Å². The van der Waals surface area contributed by atoms with Gasteiger partial charge in [-0.2, -0.15) is 0 Å². The maximum absolute atomic E-state index is 6.38. The van der Waals surface area contributed by atoms with Gasteiger partial charge in [-0.05, 0) is 111 Å². The molecule has 0 fully saturated rings. The van der Waals surface area contributed by atoms with E-state index >= 15 is 0 Å². The van der Waals surface area contributed by atoms with Crippen molar-refractivity contribution in [1.29, 1.82) is 0 Å². The number of aromatic nitrogens is 2. The van der Waals surface area contributed by atoms with E-state index in [9.17, 15) is 0 Å². The lowest BCUT2D eigenvalue weighted by Crippen LogP contribution is -2.10. The lowest BCUT2D eigenvalue weighted by atomic mass is 9.94. The number of fused-ring (bicyclic) bond motifs is 15. The van der Waals surface area contributed by atoms with Gasteiger partial charge in [0.05, 0.1) is 27.8 Å². The second kappa shape index (κ2) is 13.4. The molecular formula is C60H37N3O. The largest absolute Gasteiger partial charge is 0.456 e. The van der Waals surface area contributed by atoms with Gasteiger partial charge in [-0.15, -0.1) is 0 Å². The van der Waals surface area contributed by atoms with E-state index in [0.717, 1.165) is 61.4 Å². The molecule has 0 atom stereocenters. The first-order valence-electron chi connectivity index (χ1n) is 21.9. The van der Waals surface area contributed by atoms with Crippen LogP contribution in [0.4, 0.5) is 17.1 Å². The Morgan fingerprint density at radius 3 is 1.47 bits per heavy atom. The number of para-hydroxylation sites is 5. The molecule has 0 aliphatic carbocycles. The zero-order chi connectivity index (χ0) is 41.9. The Morgan fingerprint density at radius 2 is 0.750 bits per heavy atom. The van der Waals surface area contributed by atoms with Crippen LogP contribution in [0.2, 0.25) is 0 Å². The van der Waals surface area contributed by atoms with E-state index in [1.807, 2.05) is 6.07 Å². The summed E-state index contributed by atoms with van der Waals surface area (Å²) in [5, 5.41) is 14.6. The predicted octanol–water partition coefficient (Wildman–Crippen LogP) is 16.7. The average molecular weight is 816 g/mol. The minimum Gasteiger partial charge on any atom is -0.456 e. The van der Waals surface area contributed by atoms with E-state index in [0.29, 0.717) is 0 Å². The quantitative estimate of drug-likeness (QED) is 0.162. The molecule has 64 heavy (non-hydrogen) atoms. The molecule has 0 N–H and O–H groups in total. The molecule has 0 radical (unpaired) electrons. The number of furan rings is 1. The molecule has 4 heteroatoms. The predicted molar refractivity (Wildman–Crippen MR) is 270 cm³/mol. The first-order chi connectivity index (χ1) is 31.8. The smallest absolute Gasteiger partial charge is 0.135 e. The van der Waals surface area contributed by atoms with Crippen LogP contribution in [0.5, 0.6) is 0 Å². The van der Waals surface area contributed by atoms with Gasteiger partial charge in [0.25, 0.3) is 0 Å². The summed E-state index contributed by atoms with van der Waals surface area (Å²) >= 11 is 0. The van der Waals surface area contributed by atoms with Crippen LogP contribution in [0.25, 0.3) is 109 Å². The highest BCUT2D eigenvalue weighted by molar-refractivity contribution is 6.26. The molecule has 3 heterocycles. The molecular weight excluding hydrogens is 779 g/mol. The van der Waals surface area contributed by atoms with Crippen LogP contribution >= 0.6 is 0 Å². The molecule has 0 spiro atoms. The van der Waals surface area contributed by atoms with E-state index in [1.165, 1.54) is 64.9 Å². The lowest BCUT2D eigenvalue weighted by Gasteiger charge is -2.26. The van der Waals surface area contributed by atoms with Crippen LogP contribution in [0.1, 0.15) is 0 Å². The minimum atomic E-state index is 0.873. The summed E-state index contributed by atoms with van der Waals surface area (Å²) in [5.74, 6) is 0. The van der Waals surface area contributed by atoms with Gasteiger partial charge in [0, 0.05) is 55.1 Å². The molecule has 0 aliphatic heterocycles. The third kappa shape index (κ3) is 4.99. The van der Waals surface area contributed by atoms with Crippen LogP contribution in [-0.2, 0) is 0 Å². The zero-order valence-corrected chi connectivity index (χ0v) is 34.6. The van der Waals surface area contributed by atoms with E-state index < -0.39 is 0 Å². The third-order valence-corrected chi connectivity index (χ3v) is 13.4. The number of rotatable bonds is 5. The van der Waals surface area contributed by atoms with Crippen molar-refractivity contribution < 1.29 is 4.42 Å². The highest BCUT2D eigenvalue weighted by Crippen LogP contribution is 2.45. The molecule has 0 saturated carbocycles. The summed E-state index contributed by atoms with van der Waals surface area (Å²) in [7, 11) is 0. The molecule has 14 aromatic rings. The van der Waals surface area contributed by atoms with E-state index in [2.05, 4.69) is 232 Å². The Morgan fingerprint density at radius 1 is 0.281 bits per heavy atom. The van der Waals surface area contributed by atoms with Gasteiger partial charge < -0.3 is 18.5 Å². The third-order valence-electron chi connectivity index (χ3n) is 13.4. The van der Waals surface area contributed by atoms with Gasteiger partial charge in [-0.1, -0.05) is 146 Å². The minimum absolute atomic E-state index is 0.873. The summed E-state index contributed by atoms with van der Waals surface area (Å²) in [6.07, 6.45) is 0. The molecule has 298 valence electrons. The summed E-state index contributed by atoms with van der Waals surface area (Å²) < 4.78 is 11.3. The molecule has 0 amide bonds. The van der Waals surface area contributed by atoms with Gasteiger partial charge >= 0.3 is 0 Å². The maximum Gasteiger partial charge on any atom is 0.135 e. The fourth-order valence-corrected chi connectivity index (χ4v) is 10.7. The number of benzene rings is 11. The highest BCUT2D eigenvalue weighted by atomic mass is 16.3. The summed E-state index contributed by atoms with van der Waals surface area (Å²) in [6.45, 7) is 0. The zero-order valence-electron chi connectivity index (χ0n) is 34.6. The molecule has 4 nitrogen and oxygen atoms in total. The van der Waals surface area contributed by atoms with Gasteiger partial charge in [-0.25, -0.2) is 0 Å². The summed E-state index contributed by atoms with van der Waals surface area (Å²) in [4.78, 5) is 2.42. The molecule has 0 aliphatic rings. The van der Waals surface area contributed by atoms with E-state index in [1.54, 1.807) is 0 Å². The van der Waals surface area contributed by atoms with Crippen LogP contribution in [0.15, 0.2) is 229 Å². The lowest BCUT2D eigenvalue weighted by molar-refractivity contribution is 0.669. The number of nitrogens with zero attached hydrogens (tertiary/aromatic N) is 3. The van der Waals surface area contributed by atoms with Crippen molar-refractivity contribution in [2.75, 3.05) is 4.90 Å². The number of hydrogen-bond acceptors (Lipinski definition) is 2. The van der Waals surface area contributed by atoms with Crippen molar-refractivity contribution in [1.82, 2.24) is 9.13 Å². The Bertz CT molecular complexity index is 4170. The van der Waals surface area contributed by atoms with Crippen molar-refractivity contribution in [2.45, 2.75) is 0 Å². The summed E-state index contributed by atoms with van der Waals surface area (Å²) in [6, 6.07) is 81.7. The molecule has 11 aromatic carbocycles. The second-order valence-electron chi connectivity index (χ2n) is 16.9. The van der Waals surface area contributed by atoms with Crippen LogP contribution in [-0.4, -0.2) is 9.13 Å². The van der Waals surface area contributed by atoms with Crippen LogP contribution in [0.3, 0.4) is 0 Å². The molecule has 14 rings (SSSR count). The fourth-order valence-electron chi connectivity index (χ4n) is 10.7. The van der Waals surface area contributed by atoms with Crippen molar-refractivity contribution in [2.24, 2.45) is 0 Å². The average Bonchev–Trinajstić information content (AvgIpc) is 4.02. The van der Waals surface area contributed by atoms with Crippen molar-refractivity contribution in [3.63, 3.8) is 0 Å². The Hall–Kier alpha value is -8.60. The van der Waals surface area contributed by atoms with Gasteiger partial charge in [0.1, 0.15) is 11.2 Å². The van der Waals surface area contributed by atoms with E-state index in [-0.39, 0.29) is 0 Å². The molecule has 0 unspecified atom stereocenters. The van der Waals surface area contributed by atoms with E-state index in [4.69, 9.17) is 4.42 Å². The van der Waals surface area contributed by atoms with Crippen molar-refractivity contribution in [3.8, 4) is 11.4 Å². The van der Waals surface area contributed by atoms with Gasteiger partial charge in [0.15, 0.2) is 0 Å². The Balaban J connectivity index is 1.07. The molecule has 0 bridgehead atoms. The van der Waals surface area contributed by atoms with Crippen LogP contribution < -0.4 is 4.90 Å². The Kier molecular flexibility index (Phi) is 7.36. The maximum atomic E-state index is 6.38. The number of hydrogen-bond donors (Lipinski definition) is 0. The fraction of sp³-hybridized carbons (Fsp3) is 0. The van der Waals surface area contributed by atoms with Crippen molar-refractivity contribution in [3.05, 3.63) is 224 Å². The van der Waals surface area contributed by atoms with Gasteiger partial charge in [0.2, 0.25) is 0 Å². The summed E-state index contributed by atoms with van der Waals surface area (Å²) in [5.41, 5.74) is 11.9. The molecule has 0 saturated heterocycles. The SMILES string of the molecule is c1ccc(-n2c3ccccc3c3cccc(-n4c5ccccc5c5ccc(N(c6ccc7oc8ccccc8c7c6)c6ccc7c8ccccc8c8ccccc8c7c6)cc54)c32)cc1. The molecule has 3 aromatic heterocycles. The van der Waals surface area contributed by atoms with Crippen molar-refractivity contribution >= 4 is 115 Å². The Labute approximate surface area is 367 Å². The topological polar surface area (TPSA) is 26.2 Å². The highest BCUT2D eigenvalue weighted by Gasteiger charge is 2.23. The monoisotopic (exact) mass is 815 g/mol. The second-order valence-corrected chi connectivity index (χ2v) is 16.9. The first kappa shape index (κ1) is 35.0. The normalized spacial score (nSPS) is 12.1.